The van der Waals surface area contributed by atoms with Crippen molar-refractivity contribution in [3.63, 3.8) is 0 Å². The summed E-state index contributed by atoms with van der Waals surface area (Å²) in [5.74, 6) is -0.0105. The van der Waals surface area contributed by atoms with Crippen LogP contribution in [-0.4, -0.2) is 0 Å². The van der Waals surface area contributed by atoms with Gasteiger partial charge < -0.3 is 14.9 Å². The Bertz CT molecular complexity index is 812. The third-order valence-electron chi connectivity index (χ3n) is 3.26. The Hall–Kier alpha value is -2.74. The molecule has 3 rings (SSSR count). The lowest BCUT2D eigenvalue weighted by molar-refractivity contribution is 0.385. The summed E-state index contributed by atoms with van der Waals surface area (Å²) in [6.07, 6.45) is 0. The molecule has 0 bridgehead atoms. The quantitative estimate of drug-likeness (QED) is 0.726. The fourth-order valence-corrected chi connectivity index (χ4v) is 2.29. The van der Waals surface area contributed by atoms with E-state index in [9.17, 15) is 4.79 Å². The van der Waals surface area contributed by atoms with Gasteiger partial charge in [0, 0.05) is 5.92 Å². The van der Waals surface area contributed by atoms with Gasteiger partial charge >= 0.3 is 5.63 Å². The zero-order valence-corrected chi connectivity index (χ0v) is 10.1. The Balaban J connectivity index is 2.40. The van der Waals surface area contributed by atoms with Crippen molar-refractivity contribution < 1.29 is 9.15 Å². The smallest absolute Gasteiger partial charge is 0.343 e. The third kappa shape index (κ3) is 1.50. The highest BCUT2D eigenvalue weighted by Gasteiger charge is 2.30. The Labute approximate surface area is 108 Å². The SMILES string of the molecule is C[C@@H]1C(C#N)=C(N)Oc2c1c(=O)oc1ccccc21. The molecule has 0 saturated heterocycles. The fourth-order valence-electron chi connectivity index (χ4n) is 2.29. The minimum absolute atomic E-state index is 0.0400. The van der Waals surface area contributed by atoms with Crippen molar-refractivity contribution >= 4 is 11.0 Å². The first-order valence-electron chi connectivity index (χ1n) is 5.76. The summed E-state index contributed by atoms with van der Waals surface area (Å²) in [5, 5.41) is 9.73. The van der Waals surface area contributed by atoms with E-state index >= 15 is 0 Å². The van der Waals surface area contributed by atoms with Gasteiger partial charge in [0.2, 0.25) is 5.88 Å². The van der Waals surface area contributed by atoms with Gasteiger partial charge in [-0.3, -0.25) is 0 Å². The molecule has 2 N–H and O–H groups in total. The predicted molar refractivity (Wildman–Crippen MR) is 68.4 cm³/mol. The first-order chi connectivity index (χ1) is 9.13. The van der Waals surface area contributed by atoms with Crippen molar-refractivity contribution in [3.8, 4) is 11.8 Å². The number of hydrogen-bond acceptors (Lipinski definition) is 5. The standard InChI is InChI=1S/C14H10N2O3/c1-7-9(6-15)13(16)19-12-8-4-2-3-5-10(8)18-14(17)11(7)12/h2-5,7H,16H2,1H3/t7-/m1/s1. The number of nitriles is 1. The molecule has 0 fully saturated rings. The van der Waals surface area contributed by atoms with Crippen LogP contribution in [0, 0.1) is 11.3 Å². The number of rotatable bonds is 0. The van der Waals surface area contributed by atoms with Gasteiger partial charge in [-0.05, 0) is 12.1 Å². The number of benzene rings is 1. The lowest BCUT2D eigenvalue weighted by Crippen LogP contribution is -2.24. The average molecular weight is 254 g/mol. The zero-order valence-electron chi connectivity index (χ0n) is 10.1. The van der Waals surface area contributed by atoms with E-state index in [1.165, 1.54) is 0 Å². The number of nitrogens with two attached hydrogens (primary N) is 1. The Morgan fingerprint density at radius 2 is 2.11 bits per heavy atom. The van der Waals surface area contributed by atoms with E-state index in [0.717, 1.165) is 0 Å². The molecule has 0 radical (unpaired) electrons. The molecule has 0 amide bonds. The van der Waals surface area contributed by atoms with E-state index in [2.05, 4.69) is 0 Å². The van der Waals surface area contributed by atoms with Crippen LogP contribution in [0.5, 0.6) is 5.75 Å². The van der Waals surface area contributed by atoms with Crippen LogP contribution < -0.4 is 16.1 Å². The molecule has 0 aliphatic carbocycles. The van der Waals surface area contributed by atoms with Gasteiger partial charge in [-0.2, -0.15) is 5.26 Å². The van der Waals surface area contributed by atoms with Crippen molar-refractivity contribution in [2.45, 2.75) is 12.8 Å². The zero-order chi connectivity index (χ0) is 13.6. The summed E-state index contributed by atoms with van der Waals surface area (Å²) >= 11 is 0. The average Bonchev–Trinajstić information content (AvgIpc) is 2.38. The molecule has 1 aromatic heterocycles. The lowest BCUT2D eigenvalue weighted by Gasteiger charge is -2.22. The Morgan fingerprint density at radius 1 is 1.37 bits per heavy atom. The minimum Gasteiger partial charge on any atom is -0.439 e. The number of fused-ring (bicyclic) bond motifs is 3. The van der Waals surface area contributed by atoms with Gasteiger partial charge in [0.1, 0.15) is 11.7 Å². The molecule has 0 saturated carbocycles. The maximum absolute atomic E-state index is 12.0. The molecule has 0 spiro atoms. The van der Waals surface area contributed by atoms with E-state index in [1.54, 1.807) is 25.1 Å². The van der Waals surface area contributed by atoms with Crippen molar-refractivity contribution in [1.29, 1.82) is 5.26 Å². The van der Waals surface area contributed by atoms with Gasteiger partial charge in [-0.25, -0.2) is 4.79 Å². The largest absolute Gasteiger partial charge is 0.439 e. The first kappa shape index (κ1) is 11.4. The third-order valence-corrected chi connectivity index (χ3v) is 3.26. The summed E-state index contributed by atoms with van der Waals surface area (Å²) in [5.41, 5.74) is 6.26. The molecule has 1 aliphatic rings. The highest BCUT2D eigenvalue weighted by molar-refractivity contribution is 5.85. The monoisotopic (exact) mass is 254 g/mol. The molecule has 0 unspecified atom stereocenters. The van der Waals surface area contributed by atoms with E-state index in [1.807, 2.05) is 12.1 Å². The number of nitrogens with zero attached hydrogens (tertiary/aromatic N) is 1. The highest BCUT2D eigenvalue weighted by atomic mass is 16.5. The van der Waals surface area contributed by atoms with Crippen molar-refractivity contribution in [3.05, 3.63) is 51.7 Å². The van der Waals surface area contributed by atoms with Gasteiger partial charge in [0.05, 0.1) is 16.5 Å². The Morgan fingerprint density at radius 3 is 2.84 bits per heavy atom. The van der Waals surface area contributed by atoms with Gasteiger partial charge in [0.25, 0.3) is 0 Å². The minimum atomic E-state index is -0.499. The van der Waals surface area contributed by atoms with Crippen LogP contribution in [0.25, 0.3) is 11.0 Å². The second-order valence-corrected chi connectivity index (χ2v) is 4.34. The summed E-state index contributed by atoms with van der Waals surface area (Å²) in [6.45, 7) is 1.73. The first-order valence-corrected chi connectivity index (χ1v) is 5.76. The molecule has 19 heavy (non-hydrogen) atoms. The molecule has 1 aliphatic heterocycles. The molecule has 1 atom stereocenters. The number of hydrogen-bond donors (Lipinski definition) is 1. The molecular weight excluding hydrogens is 244 g/mol. The molecule has 2 aromatic rings. The summed E-state index contributed by atoms with van der Waals surface area (Å²) in [4.78, 5) is 12.0. The maximum Gasteiger partial charge on any atom is 0.343 e. The van der Waals surface area contributed by atoms with Crippen LogP contribution in [0.4, 0.5) is 0 Å². The number of para-hydroxylation sites is 1. The van der Waals surface area contributed by atoms with Crippen LogP contribution in [-0.2, 0) is 0 Å². The van der Waals surface area contributed by atoms with Crippen LogP contribution in [0.15, 0.2) is 44.9 Å². The highest BCUT2D eigenvalue weighted by Crippen LogP contribution is 2.39. The van der Waals surface area contributed by atoms with E-state index < -0.39 is 11.5 Å². The van der Waals surface area contributed by atoms with Crippen LogP contribution in [0.1, 0.15) is 18.4 Å². The van der Waals surface area contributed by atoms with Crippen LogP contribution in [0.3, 0.4) is 0 Å². The molecule has 5 heteroatoms. The van der Waals surface area contributed by atoms with E-state index in [4.69, 9.17) is 20.1 Å². The topological polar surface area (TPSA) is 89.3 Å². The summed E-state index contributed by atoms with van der Waals surface area (Å²) in [6, 6.07) is 9.02. The normalized spacial score (nSPS) is 17.8. The van der Waals surface area contributed by atoms with Crippen LogP contribution >= 0.6 is 0 Å². The molecule has 1 aromatic carbocycles. The maximum atomic E-state index is 12.0. The molecule has 5 nitrogen and oxygen atoms in total. The van der Waals surface area contributed by atoms with Crippen molar-refractivity contribution in [2.24, 2.45) is 5.73 Å². The van der Waals surface area contributed by atoms with Gasteiger partial charge in [0.15, 0.2) is 5.75 Å². The van der Waals surface area contributed by atoms with Crippen LogP contribution in [0.2, 0.25) is 0 Å². The molecule has 94 valence electrons. The number of ether oxygens (including phenoxy) is 1. The summed E-state index contributed by atoms with van der Waals surface area (Å²) < 4.78 is 10.7. The second kappa shape index (κ2) is 3.89. The van der Waals surface area contributed by atoms with E-state index in [0.29, 0.717) is 22.3 Å². The molecule has 2 heterocycles. The predicted octanol–water partition coefficient (Wildman–Crippen LogP) is 1.98. The molecular formula is C14H10N2O3. The van der Waals surface area contributed by atoms with E-state index in [-0.39, 0.29) is 11.5 Å². The fraction of sp³-hybridized carbons (Fsp3) is 0.143. The van der Waals surface area contributed by atoms with Crippen molar-refractivity contribution in [2.75, 3.05) is 0 Å². The van der Waals surface area contributed by atoms with Crippen molar-refractivity contribution in [1.82, 2.24) is 0 Å². The second-order valence-electron chi connectivity index (χ2n) is 4.34. The summed E-state index contributed by atoms with van der Waals surface area (Å²) in [7, 11) is 0. The lowest BCUT2D eigenvalue weighted by atomic mass is 9.91. The Kier molecular flexibility index (Phi) is 2.32. The van der Waals surface area contributed by atoms with Gasteiger partial charge in [-0.15, -0.1) is 0 Å². The van der Waals surface area contributed by atoms with Gasteiger partial charge in [-0.1, -0.05) is 19.1 Å². The number of allylic oxidation sites excluding steroid dienone is 1.